The Kier molecular flexibility index (Phi) is 3.03. The maximum absolute atomic E-state index is 12.7. The summed E-state index contributed by atoms with van der Waals surface area (Å²) in [6.45, 7) is 4.00. The van der Waals surface area contributed by atoms with Gasteiger partial charge >= 0.3 is 6.03 Å². The van der Waals surface area contributed by atoms with Crippen LogP contribution in [0.2, 0.25) is 0 Å². The van der Waals surface area contributed by atoms with Gasteiger partial charge in [-0.05, 0) is 25.7 Å². The minimum absolute atomic E-state index is 0.122. The minimum atomic E-state index is -0.704. The van der Waals surface area contributed by atoms with E-state index in [9.17, 15) is 9.59 Å². The Morgan fingerprint density at radius 3 is 2.95 bits per heavy atom. The number of nitrogens with one attached hydrogen (secondary N) is 1. The monoisotopic (exact) mass is 277 g/mol. The van der Waals surface area contributed by atoms with Gasteiger partial charge < -0.3 is 9.84 Å². The number of hydrogen-bond donors (Lipinski definition) is 1. The molecule has 1 aliphatic carbocycles. The van der Waals surface area contributed by atoms with E-state index in [1.807, 2.05) is 13.8 Å². The molecule has 6 nitrogen and oxygen atoms in total. The summed E-state index contributed by atoms with van der Waals surface area (Å²) in [6.07, 6.45) is 3.80. The van der Waals surface area contributed by atoms with Crippen molar-refractivity contribution in [2.75, 3.05) is 0 Å². The van der Waals surface area contributed by atoms with Gasteiger partial charge in [0, 0.05) is 6.07 Å². The number of hydrogen-bond acceptors (Lipinski definition) is 4. The Balaban J connectivity index is 1.83. The van der Waals surface area contributed by atoms with Gasteiger partial charge in [0.2, 0.25) is 0 Å². The Hall–Kier alpha value is -1.85. The molecule has 3 amide bonds. The molecule has 2 unspecified atom stereocenters. The molecular weight excluding hydrogens is 258 g/mol. The molecule has 2 aliphatic rings. The van der Waals surface area contributed by atoms with Gasteiger partial charge in [0.05, 0.1) is 12.2 Å². The highest BCUT2D eigenvalue weighted by Gasteiger charge is 2.54. The van der Waals surface area contributed by atoms with Crippen molar-refractivity contribution in [3.8, 4) is 0 Å². The van der Waals surface area contributed by atoms with Gasteiger partial charge in [0.1, 0.15) is 5.54 Å². The topological polar surface area (TPSA) is 75.4 Å². The van der Waals surface area contributed by atoms with E-state index in [-0.39, 0.29) is 24.4 Å². The standard InChI is InChI=1S/C14H19N3O3/c1-9-5-3-4-6-14(9)12(18)17(13(19)15-14)8-11-7-10(2)16-20-11/h7,9H,3-6,8H2,1-2H3,(H,15,19). The first kappa shape index (κ1) is 13.1. The van der Waals surface area contributed by atoms with Gasteiger partial charge in [0.15, 0.2) is 5.76 Å². The molecule has 2 fully saturated rings. The number of urea groups is 1. The third-order valence-electron chi connectivity index (χ3n) is 4.49. The first-order chi connectivity index (χ1) is 9.53. The van der Waals surface area contributed by atoms with E-state index in [2.05, 4.69) is 10.5 Å². The van der Waals surface area contributed by atoms with Crippen LogP contribution in [0, 0.1) is 12.8 Å². The van der Waals surface area contributed by atoms with Crippen LogP contribution in [-0.4, -0.2) is 27.5 Å². The zero-order chi connectivity index (χ0) is 14.3. The maximum atomic E-state index is 12.7. The Bertz CT molecular complexity index is 554. The molecule has 3 rings (SSSR count). The first-order valence-corrected chi connectivity index (χ1v) is 7.09. The second kappa shape index (κ2) is 4.61. The second-order valence-corrected chi connectivity index (χ2v) is 5.87. The van der Waals surface area contributed by atoms with E-state index in [0.29, 0.717) is 5.76 Å². The third-order valence-corrected chi connectivity index (χ3v) is 4.49. The smallest absolute Gasteiger partial charge is 0.325 e. The van der Waals surface area contributed by atoms with Gasteiger partial charge in [-0.25, -0.2) is 4.79 Å². The summed E-state index contributed by atoms with van der Waals surface area (Å²) in [5.74, 6) is 0.587. The lowest BCUT2D eigenvalue weighted by Gasteiger charge is -2.36. The number of aryl methyl sites for hydroxylation is 1. The summed E-state index contributed by atoms with van der Waals surface area (Å²) >= 11 is 0. The number of nitrogens with zero attached hydrogens (tertiary/aromatic N) is 2. The fraction of sp³-hybridized carbons (Fsp3) is 0.643. The molecule has 0 aromatic carbocycles. The van der Waals surface area contributed by atoms with Gasteiger partial charge in [0.25, 0.3) is 5.91 Å². The van der Waals surface area contributed by atoms with Crippen LogP contribution in [0.4, 0.5) is 4.79 Å². The quantitative estimate of drug-likeness (QED) is 0.839. The molecule has 1 saturated heterocycles. The van der Waals surface area contributed by atoms with Gasteiger partial charge in [-0.1, -0.05) is 24.9 Å². The minimum Gasteiger partial charge on any atom is -0.359 e. The lowest BCUT2D eigenvalue weighted by molar-refractivity contribution is -0.134. The third kappa shape index (κ3) is 1.90. The normalized spacial score (nSPS) is 30.1. The van der Waals surface area contributed by atoms with Gasteiger partial charge in [-0.2, -0.15) is 0 Å². The zero-order valence-electron chi connectivity index (χ0n) is 11.8. The zero-order valence-corrected chi connectivity index (χ0v) is 11.8. The van der Waals surface area contributed by atoms with Crippen molar-refractivity contribution in [3.05, 3.63) is 17.5 Å². The van der Waals surface area contributed by atoms with Crippen molar-refractivity contribution >= 4 is 11.9 Å². The SMILES string of the molecule is Cc1cc(CN2C(=O)NC3(CCCCC3C)C2=O)on1. The number of aromatic nitrogens is 1. The Labute approximate surface area is 117 Å². The van der Waals surface area contributed by atoms with Crippen LogP contribution in [0.15, 0.2) is 10.6 Å². The molecule has 20 heavy (non-hydrogen) atoms. The molecule has 1 saturated carbocycles. The van der Waals surface area contributed by atoms with E-state index in [1.165, 1.54) is 4.90 Å². The molecule has 1 spiro atoms. The second-order valence-electron chi connectivity index (χ2n) is 5.87. The molecule has 1 aliphatic heterocycles. The van der Waals surface area contributed by atoms with Crippen LogP contribution in [0.5, 0.6) is 0 Å². The number of amides is 3. The molecule has 0 bridgehead atoms. The number of carbonyl (C=O) groups is 2. The van der Waals surface area contributed by atoms with Crippen molar-refractivity contribution in [1.82, 2.24) is 15.4 Å². The molecule has 1 aromatic rings. The molecule has 1 aromatic heterocycles. The fourth-order valence-corrected chi connectivity index (χ4v) is 3.29. The van der Waals surface area contributed by atoms with Crippen molar-refractivity contribution < 1.29 is 14.1 Å². The van der Waals surface area contributed by atoms with Crippen LogP contribution < -0.4 is 5.32 Å². The van der Waals surface area contributed by atoms with Crippen LogP contribution in [-0.2, 0) is 11.3 Å². The number of imide groups is 1. The fourth-order valence-electron chi connectivity index (χ4n) is 3.29. The maximum Gasteiger partial charge on any atom is 0.325 e. The van der Waals surface area contributed by atoms with E-state index >= 15 is 0 Å². The van der Waals surface area contributed by atoms with E-state index in [4.69, 9.17) is 4.52 Å². The van der Waals surface area contributed by atoms with Crippen molar-refractivity contribution in [1.29, 1.82) is 0 Å². The van der Waals surface area contributed by atoms with Gasteiger partial charge in [-0.15, -0.1) is 0 Å². The van der Waals surface area contributed by atoms with Crippen LogP contribution in [0.25, 0.3) is 0 Å². The Morgan fingerprint density at radius 2 is 2.30 bits per heavy atom. The summed E-state index contributed by atoms with van der Waals surface area (Å²) < 4.78 is 5.10. The lowest BCUT2D eigenvalue weighted by atomic mass is 9.73. The van der Waals surface area contributed by atoms with Crippen molar-refractivity contribution in [2.45, 2.75) is 51.6 Å². The van der Waals surface area contributed by atoms with Crippen molar-refractivity contribution in [2.24, 2.45) is 5.92 Å². The largest absolute Gasteiger partial charge is 0.359 e. The van der Waals surface area contributed by atoms with Crippen LogP contribution in [0.1, 0.15) is 44.1 Å². The molecule has 2 atom stereocenters. The summed E-state index contributed by atoms with van der Waals surface area (Å²) in [6, 6.07) is 1.42. The lowest BCUT2D eigenvalue weighted by Crippen LogP contribution is -2.53. The highest BCUT2D eigenvalue weighted by atomic mass is 16.5. The first-order valence-electron chi connectivity index (χ1n) is 7.09. The predicted molar refractivity (Wildman–Crippen MR) is 70.7 cm³/mol. The van der Waals surface area contributed by atoms with E-state index in [0.717, 1.165) is 31.4 Å². The number of carbonyl (C=O) groups excluding carboxylic acids is 2. The van der Waals surface area contributed by atoms with Crippen LogP contribution in [0.3, 0.4) is 0 Å². The van der Waals surface area contributed by atoms with E-state index in [1.54, 1.807) is 6.07 Å². The van der Waals surface area contributed by atoms with E-state index < -0.39 is 5.54 Å². The van der Waals surface area contributed by atoms with Crippen molar-refractivity contribution in [3.63, 3.8) is 0 Å². The van der Waals surface area contributed by atoms with Crippen LogP contribution >= 0.6 is 0 Å². The highest BCUT2D eigenvalue weighted by molar-refractivity contribution is 6.07. The summed E-state index contributed by atoms with van der Waals surface area (Å²) in [5, 5.41) is 6.70. The Morgan fingerprint density at radius 1 is 1.50 bits per heavy atom. The average Bonchev–Trinajstić information content (AvgIpc) is 2.92. The molecular formula is C14H19N3O3. The molecule has 2 heterocycles. The number of rotatable bonds is 2. The predicted octanol–water partition coefficient (Wildman–Crippen LogP) is 1.98. The average molecular weight is 277 g/mol. The molecule has 108 valence electrons. The summed E-state index contributed by atoms with van der Waals surface area (Å²) in [5.41, 5.74) is 0.0394. The molecule has 6 heteroatoms. The summed E-state index contributed by atoms with van der Waals surface area (Å²) in [7, 11) is 0. The van der Waals surface area contributed by atoms with Gasteiger partial charge in [-0.3, -0.25) is 9.69 Å². The highest BCUT2D eigenvalue weighted by Crippen LogP contribution is 2.38. The summed E-state index contributed by atoms with van der Waals surface area (Å²) in [4.78, 5) is 26.1. The molecule has 0 radical (unpaired) electrons. The molecule has 1 N–H and O–H groups in total.